The summed E-state index contributed by atoms with van der Waals surface area (Å²) in [5.74, 6) is 1.41. The van der Waals surface area contributed by atoms with Crippen molar-refractivity contribution in [3.8, 4) is 0 Å². The lowest BCUT2D eigenvalue weighted by atomic mass is 10.2. The molecule has 0 bridgehead atoms. The molecule has 0 spiro atoms. The van der Waals surface area contributed by atoms with Gasteiger partial charge in [0.05, 0.1) is 0 Å². The second-order valence-electron chi connectivity index (χ2n) is 4.69. The van der Waals surface area contributed by atoms with Crippen molar-refractivity contribution in [3.63, 3.8) is 0 Å². The molecule has 1 unspecified atom stereocenters. The number of halogens is 1. The highest BCUT2D eigenvalue weighted by Gasteiger charge is 2.19. The van der Waals surface area contributed by atoms with E-state index in [2.05, 4.69) is 30.6 Å². The summed E-state index contributed by atoms with van der Waals surface area (Å²) in [5.41, 5.74) is 0. The maximum absolute atomic E-state index is 5.81. The molecule has 0 saturated carbocycles. The molecule has 0 radical (unpaired) electrons. The number of hydrogen-bond acceptors (Lipinski definition) is 2. The van der Waals surface area contributed by atoms with Crippen molar-refractivity contribution in [1.82, 2.24) is 9.80 Å². The van der Waals surface area contributed by atoms with Crippen molar-refractivity contribution in [1.29, 1.82) is 0 Å². The Hall–Kier alpha value is 0.210. The van der Waals surface area contributed by atoms with E-state index in [1.165, 1.54) is 26.2 Å². The monoisotopic (exact) mass is 218 g/mol. The first-order valence-corrected chi connectivity index (χ1v) is 6.19. The molecule has 0 aromatic carbocycles. The van der Waals surface area contributed by atoms with Gasteiger partial charge in [-0.05, 0) is 19.8 Å². The van der Waals surface area contributed by atoms with Crippen molar-refractivity contribution in [2.24, 2.45) is 5.92 Å². The first-order valence-electron chi connectivity index (χ1n) is 5.66. The molecule has 1 rings (SSSR count). The predicted molar refractivity (Wildman–Crippen MR) is 63.0 cm³/mol. The summed E-state index contributed by atoms with van der Waals surface area (Å²) in [6.07, 6.45) is 0. The van der Waals surface area contributed by atoms with Crippen LogP contribution in [-0.4, -0.2) is 54.4 Å². The molecule has 14 heavy (non-hydrogen) atoms. The smallest absolute Gasteiger partial charge is 0.0261 e. The number of hydrogen-bond donors (Lipinski definition) is 0. The molecule has 1 aliphatic heterocycles. The molecule has 0 aliphatic carbocycles. The zero-order valence-electron chi connectivity index (χ0n) is 9.67. The van der Waals surface area contributed by atoms with Crippen LogP contribution >= 0.6 is 11.6 Å². The maximum Gasteiger partial charge on any atom is 0.0261 e. The molecule has 2 nitrogen and oxygen atoms in total. The molecule has 0 amide bonds. The van der Waals surface area contributed by atoms with Gasteiger partial charge in [0.25, 0.3) is 0 Å². The standard InChI is InChI=1S/C11H23ClN2/c1-10(2)14-6-4-13(5-7-14)9-11(3)8-12/h10-11H,4-9H2,1-3H3. The maximum atomic E-state index is 5.81. The van der Waals surface area contributed by atoms with Gasteiger partial charge in [-0.15, -0.1) is 11.6 Å². The van der Waals surface area contributed by atoms with Gasteiger partial charge in [0.15, 0.2) is 0 Å². The lowest BCUT2D eigenvalue weighted by Crippen LogP contribution is -2.49. The van der Waals surface area contributed by atoms with Gasteiger partial charge in [-0.1, -0.05) is 6.92 Å². The minimum absolute atomic E-state index is 0.627. The lowest BCUT2D eigenvalue weighted by molar-refractivity contribution is 0.101. The predicted octanol–water partition coefficient (Wildman–Crippen LogP) is 1.89. The van der Waals surface area contributed by atoms with E-state index in [0.29, 0.717) is 12.0 Å². The minimum Gasteiger partial charge on any atom is -0.300 e. The van der Waals surface area contributed by atoms with Gasteiger partial charge in [-0.2, -0.15) is 0 Å². The molecular formula is C11H23ClN2. The van der Waals surface area contributed by atoms with Crippen molar-refractivity contribution in [2.45, 2.75) is 26.8 Å². The van der Waals surface area contributed by atoms with Crippen LogP contribution in [-0.2, 0) is 0 Å². The largest absolute Gasteiger partial charge is 0.300 e. The van der Waals surface area contributed by atoms with Crippen molar-refractivity contribution < 1.29 is 0 Å². The quantitative estimate of drug-likeness (QED) is 0.665. The molecule has 0 aromatic rings. The first-order chi connectivity index (χ1) is 6.63. The van der Waals surface area contributed by atoms with Gasteiger partial charge >= 0.3 is 0 Å². The van der Waals surface area contributed by atoms with Crippen LogP contribution in [0.1, 0.15) is 20.8 Å². The highest BCUT2D eigenvalue weighted by Crippen LogP contribution is 2.08. The Morgan fingerprint density at radius 2 is 1.64 bits per heavy atom. The third-order valence-corrected chi connectivity index (χ3v) is 3.50. The van der Waals surface area contributed by atoms with E-state index >= 15 is 0 Å². The summed E-state index contributed by atoms with van der Waals surface area (Å²) in [4.78, 5) is 5.08. The van der Waals surface area contributed by atoms with Gasteiger partial charge in [0.1, 0.15) is 0 Å². The van der Waals surface area contributed by atoms with Crippen LogP contribution in [0.2, 0.25) is 0 Å². The SMILES string of the molecule is CC(CCl)CN1CCN(C(C)C)CC1. The molecular weight excluding hydrogens is 196 g/mol. The molecule has 1 fully saturated rings. The summed E-state index contributed by atoms with van der Waals surface area (Å²) < 4.78 is 0. The summed E-state index contributed by atoms with van der Waals surface area (Å²) in [5, 5.41) is 0. The van der Waals surface area contributed by atoms with E-state index in [4.69, 9.17) is 11.6 Å². The van der Waals surface area contributed by atoms with Crippen LogP contribution in [0.5, 0.6) is 0 Å². The van der Waals surface area contributed by atoms with Crippen LogP contribution < -0.4 is 0 Å². The van der Waals surface area contributed by atoms with Crippen molar-refractivity contribution in [2.75, 3.05) is 38.6 Å². The minimum atomic E-state index is 0.627. The number of piperazine rings is 1. The fraction of sp³-hybridized carbons (Fsp3) is 1.00. The zero-order valence-corrected chi connectivity index (χ0v) is 10.4. The van der Waals surface area contributed by atoms with E-state index in [1.807, 2.05) is 0 Å². The fourth-order valence-corrected chi connectivity index (χ4v) is 2.05. The normalized spacial score (nSPS) is 22.9. The van der Waals surface area contributed by atoms with E-state index in [9.17, 15) is 0 Å². The molecule has 1 aliphatic rings. The Labute approximate surface area is 93.2 Å². The second kappa shape index (κ2) is 5.94. The number of alkyl halides is 1. The molecule has 0 aromatic heterocycles. The highest BCUT2D eigenvalue weighted by atomic mass is 35.5. The highest BCUT2D eigenvalue weighted by molar-refractivity contribution is 6.18. The van der Waals surface area contributed by atoms with Gasteiger partial charge < -0.3 is 4.90 Å². The third kappa shape index (κ3) is 3.76. The van der Waals surface area contributed by atoms with Gasteiger partial charge in [-0.25, -0.2) is 0 Å². The third-order valence-electron chi connectivity index (χ3n) is 2.97. The molecule has 84 valence electrons. The van der Waals surface area contributed by atoms with Crippen LogP contribution in [0.4, 0.5) is 0 Å². The van der Waals surface area contributed by atoms with Crippen molar-refractivity contribution >= 4 is 11.6 Å². The van der Waals surface area contributed by atoms with Crippen LogP contribution in [0.15, 0.2) is 0 Å². The first kappa shape index (κ1) is 12.3. The fourth-order valence-electron chi connectivity index (χ4n) is 1.95. The number of rotatable bonds is 4. The summed E-state index contributed by atoms with van der Waals surface area (Å²) in [6, 6.07) is 0.697. The van der Waals surface area contributed by atoms with Gasteiger partial charge in [0.2, 0.25) is 0 Å². The summed E-state index contributed by atoms with van der Waals surface area (Å²) >= 11 is 5.81. The molecule has 1 heterocycles. The van der Waals surface area contributed by atoms with Crippen LogP contribution in [0.3, 0.4) is 0 Å². The van der Waals surface area contributed by atoms with E-state index < -0.39 is 0 Å². The topological polar surface area (TPSA) is 6.48 Å². The molecule has 1 atom stereocenters. The molecule has 1 saturated heterocycles. The van der Waals surface area contributed by atoms with Gasteiger partial charge in [0, 0.05) is 44.6 Å². The Morgan fingerprint density at radius 3 is 2.07 bits per heavy atom. The zero-order chi connectivity index (χ0) is 10.6. The van der Waals surface area contributed by atoms with E-state index in [0.717, 1.165) is 12.4 Å². The number of nitrogens with zero attached hydrogens (tertiary/aromatic N) is 2. The van der Waals surface area contributed by atoms with Crippen molar-refractivity contribution in [3.05, 3.63) is 0 Å². The van der Waals surface area contributed by atoms with Gasteiger partial charge in [-0.3, -0.25) is 4.90 Å². The average molecular weight is 219 g/mol. The Bertz CT molecular complexity index is 153. The van der Waals surface area contributed by atoms with E-state index in [1.54, 1.807) is 0 Å². The summed E-state index contributed by atoms with van der Waals surface area (Å²) in [7, 11) is 0. The Kier molecular flexibility index (Phi) is 5.21. The molecule has 0 N–H and O–H groups in total. The molecule has 3 heteroatoms. The lowest BCUT2D eigenvalue weighted by Gasteiger charge is -2.37. The Morgan fingerprint density at radius 1 is 1.07 bits per heavy atom. The Balaban J connectivity index is 2.22. The van der Waals surface area contributed by atoms with Crippen LogP contribution in [0.25, 0.3) is 0 Å². The second-order valence-corrected chi connectivity index (χ2v) is 5.00. The van der Waals surface area contributed by atoms with Crippen LogP contribution in [0, 0.1) is 5.92 Å². The summed E-state index contributed by atoms with van der Waals surface area (Å²) in [6.45, 7) is 12.8. The average Bonchev–Trinajstić information content (AvgIpc) is 2.18. The van der Waals surface area contributed by atoms with E-state index in [-0.39, 0.29) is 0 Å².